The number of thioether (sulfide) groups is 1. The lowest BCUT2D eigenvalue weighted by atomic mass is 10.2. The van der Waals surface area contributed by atoms with E-state index in [1.807, 2.05) is 11.2 Å². The van der Waals surface area contributed by atoms with Gasteiger partial charge in [0.25, 0.3) is 0 Å². The van der Waals surface area contributed by atoms with Gasteiger partial charge in [0.2, 0.25) is 5.91 Å². The number of likely N-dealkylation sites (N-methyl/N-ethyl adjacent to an activating group) is 1. The van der Waals surface area contributed by atoms with Gasteiger partial charge in [-0.2, -0.15) is 11.8 Å². The van der Waals surface area contributed by atoms with Crippen LogP contribution in [-0.4, -0.2) is 67.0 Å². The largest absolute Gasteiger partial charge is 0.340 e. The maximum atomic E-state index is 12.0. The van der Waals surface area contributed by atoms with Crippen LogP contribution in [0.2, 0.25) is 0 Å². The molecule has 4 nitrogen and oxygen atoms in total. The van der Waals surface area contributed by atoms with Crippen LogP contribution >= 0.6 is 11.8 Å². The zero-order valence-electron chi connectivity index (χ0n) is 10.5. The first-order valence-corrected chi connectivity index (χ1v) is 7.15. The highest BCUT2D eigenvalue weighted by atomic mass is 32.2. The first-order chi connectivity index (χ1) is 7.56. The van der Waals surface area contributed by atoms with Gasteiger partial charge < -0.3 is 15.5 Å². The van der Waals surface area contributed by atoms with E-state index in [-0.39, 0.29) is 11.9 Å². The number of carbonyl (C=O) groups is 1. The summed E-state index contributed by atoms with van der Waals surface area (Å²) in [6.07, 6.45) is 3.88. The molecular weight excluding hydrogens is 222 g/mol. The molecule has 1 aliphatic heterocycles. The van der Waals surface area contributed by atoms with Crippen LogP contribution in [0.1, 0.15) is 12.8 Å². The Morgan fingerprint density at radius 2 is 2.31 bits per heavy atom. The fourth-order valence-electron chi connectivity index (χ4n) is 1.97. The van der Waals surface area contributed by atoms with Crippen molar-refractivity contribution < 1.29 is 4.79 Å². The number of amides is 1. The molecule has 0 saturated carbocycles. The van der Waals surface area contributed by atoms with E-state index in [4.69, 9.17) is 5.73 Å². The van der Waals surface area contributed by atoms with Crippen molar-refractivity contribution in [3.63, 3.8) is 0 Å². The van der Waals surface area contributed by atoms with E-state index in [9.17, 15) is 4.79 Å². The third-order valence-corrected chi connectivity index (χ3v) is 3.80. The molecule has 1 unspecified atom stereocenters. The van der Waals surface area contributed by atoms with Gasteiger partial charge in [0.1, 0.15) is 0 Å². The van der Waals surface area contributed by atoms with Crippen molar-refractivity contribution >= 4 is 17.7 Å². The molecule has 16 heavy (non-hydrogen) atoms. The van der Waals surface area contributed by atoms with Crippen molar-refractivity contribution in [3.05, 3.63) is 0 Å². The van der Waals surface area contributed by atoms with Crippen molar-refractivity contribution in [2.45, 2.75) is 24.9 Å². The Labute approximate surface area is 103 Å². The summed E-state index contributed by atoms with van der Waals surface area (Å²) in [6, 6.07) is 0.185. The van der Waals surface area contributed by atoms with Gasteiger partial charge in [-0.3, -0.25) is 4.79 Å². The summed E-state index contributed by atoms with van der Waals surface area (Å²) in [6.45, 7) is 1.69. The maximum absolute atomic E-state index is 12.0. The molecule has 0 aliphatic carbocycles. The molecule has 2 atom stereocenters. The standard InChI is InChI=1S/C11H23N3OS/c1-13(2)9-4-6-14(8-9)11(15)10(12)5-7-16-3/h9-10H,4-8,12H2,1-3H3/t9?,10-/m1/s1. The van der Waals surface area contributed by atoms with Gasteiger partial charge in [-0.1, -0.05) is 0 Å². The van der Waals surface area contributed by atoms with E-state index in [1.54, 1.807) is 11.8 Å². The summed E-state index contributed by atoms with van der Waals surface area (Å²) in [4.78, 5) is 16.1. The summed E-state index contributed by atoms with van der Waals surface area (Å²) in [5.41, 5.74) is 5.89. The topological polar surface area (TPSA) is 49.6 Å². The van der Waals surface area contributed by atoms with Crippen molar-refractivity contribution in [1.29, 1.82) is 0 Å². The first-order valence-electron chi connectivity index (χ1n) is 5.76. The summed E-state index contributed by atoms with van der Waals surface area (Å²) in [7, 11) is 4.12. The normalized spacial score (nSPS) is 22.8. The second kappa shape index (κ2) is 6.47. The minimum Gasteiger partial charge on any atom is -0.340 e. The Morgan fingerprint density at radius 3 is 2.81 bits per heavy atom. The molecule has 1 amide bonds. The van der Waals surface area contributed by atoms with Gasteiger partial charge >= 0.3 is 0 Å². The lowest BCUT2D eigenvalue weighted by Crippen LogP contribution is -2.44. The van der Waals surface area contributed by atoms with Crippen LogP contribution in [-0.2, 0) is 4.79 Å². The number of nitrogens with two attached hydrogens (primary N) is 1. The predicted octanol–water partition coefficient (Wildman–Crippen LogP) is 0.229. The third kappa shape index (κ3) is 3.64. The Bertz CT molecular complexity index is 235. The van der Waals surface area contributed by atoms with Crippen LogP contribution in [0.15, 0.2) is 0 Å². The van der Waals surface area contributed by atoms with E-state index >= 15 is 0 Å². The summed E-state index contributed by atoms with van der Waals surface area (Å²) >= 11 is 1.74. The number of carbonyl (C=O) groups excluding carboxylic acids is 1. The summed E-state index contributed by atoms with van der Waals surface area (Å²) < 4.78 is 0. The fourth-order valence-corrected chi connectivity index (χ4v) is 2.46. The Morgan fingerprint density at radius 1 is 1.62 bits per heavy atom. The van der Waals surface area contributed by atoms with Gasteiger partial charge in [0.15, 0.2) is 0 Å². The fraction of sp³-hybridized carbons (Fsp3) is 0.909. The summed E-state index contributed by atoms with van der Waals surface area (Å²) in [5, 5.41) is 0. The minimum atomic E-state index is -0.312. The highest BCUT2D eigenvalue weighted by Gasteiger charge is 2.29. The molecule has 94 valence electrons. The van der Waals surface area contributed by atoms with E-state index < -0.39 is 0 Å². The van der Waals surface area contributed by atoms with Gasteiger partial charge in [0, 0.05) is 19.1 Å². The van der Waals surface area contributed by atoms with E-state index in [0.717, 1.165) is 31.7 Å². The quantitative estimate of drug-likeness (QED) is 0.753. The molecule has 0 bridgehead atoms. The molecule has 0 spiro atoms. The first kappa shape index (κ1) is 13.8. The van der Waals surface area contributed by atoms with Crippen LogP contribution in [0.4, 0.5) is 0 Å². The second-order valence-corrected chi connectivity index (χ2v) is 5.56. The number of hydrogen-bond donors (Lipinski definition) is 1. The highest BCUT2D eigenvalue weighted by molar-refractivity contribution is 7.98. The predicted molar refractivity (Wildman–Crippen MR) is 69.6 cm³/mol. The van der Waals surface area contributed by atoms with Crippen molar-refractivity contribution in [3.8, 4) is 0 Å². The number of nitrogens with zero attached hydrogens (tertiary/aromatic N) is 2. The van der Waals surface area contributed by atoms with Crippen LogP contribution in [0.3, 0.4) is 0 Å². The SMILES string of the molecule is CSCC[C@@H](N)C(=O)N1CCC(N(C)C)C1. The lowest BCUT2D eigenvalue weighted by Gasteiger charge is -2.22. The van der Waals surface area contributed by atoms with Crippen molar-refractivity contribution in [2.75, 3.05) is 39.2 Å². The van der Waals surface area contributed by atoms with E-state index in [0.29, 0.717) is 6.04 Å². The van der Waals surface area contributed by atoms with Crippen LogP contribution < -0.4 is 5.73 Å². The number of hydrogen-bond acceptors (Lipinski definition) is 4. The molecule has 1 fully saturated rings. The zero-order valence-corrected chi connectivity index (χ0v) is 11.3. The van der Waals surface area contributed by atoms with Gasteiger partial charge in [-0.05, 0) is 38.9 Å². The molecule has 0 aromatic heterocycles. The Balaban J connectivity index is 2.38. The smallest absolute Gasteiger partial charge is 0.239 e. The van der Waals surface area contributed by atoms with Crippen molar-refractivity contribution in [2.24, 2.45) is 5.73 Å². The average molecular weight is 245 g/mol. The van der Waals surface area contributed by atoms with Crippen molar-refractivity contribution in [1.82, 2.24) is 9.80 Å². The van der Waals surface area contributed by atoms with Crippen LogP contribution in [0.5, 0.6) is 0 Å². The monoisotopic (exact) mass is 245 g/mol. The molecule has 1 saturated heterocycles. The number of rotatable bonds is 5. The molecule has 1 heterocycles. The molecule has 2 N–H and O–H groups in total. The molecule has 5 heteroatoms. The second-order valence-electron chi connectivity index (χ2n) is 4.58. The van der Waals surface area contributed by atoms with Gasteiger partial charge in [0.05, 0.1) is 6.04 Å². The zero-order chi connectivity index (χ0) is 12.1. The Kier molecular flexibility index (Phi) is 5.58. The maximum Gasteiger partial charge on any atom is 0.239 e. The molecular formula is C11H23N3OS. The van der Waals surface area contributed by atoms with E-state index in [1.165, 1.54) is 0 Å². The van der Waals surface area contributed by atoms with Gasteiger partial charge in [-0.25, -0.2) is 0 Å². The highest BCUT2D eigenvalue weighted by Crippen LogP contribution is 2.14. The van der Waals surface area contributed by atoms with Gasteiger partial charge in [-0.15, -0.1) is 0 Å². The van der Waals surface area contributed by atoms with Crippen LogP contribution in [0, 0.1) is 0 Å². The molecule has 0 aromatic carbocycles. The average Bonchev–Trinajstić information content (AvgIpc) is 2.74. The lowest BCUT2D eigenvalue weighted by molar-refractivity contribution is -0.131. The molecule has 0 aromatic rings. The number of likely N-dealkylation sites (tertiary alicyclic amines) is 1. The third-order valence-electron chi connectivity index (χ3n) is 3.16. The molecule has 1 rings (SSSR count). The molecule has 0 radical (unpaired) electrons. The summed E-state index contributed by atoms with van der Waals surface area (Å²) in [5.74, 6) is 1.08. The molecule has 1 aliphatic rings. The van der Waals surface area contributed by atoms with Crippen LogP contribution in [0.25, 0.3) is 0 Å². The Hall–Kier alpha value is -0.260. The van der Waals surface area contributed by atoms with E-state index in [2.05, 4.69) is 19.0 Å². The minimum absolute atomic E-state index is 0.124.